The second kappa shape index (κ2) is 5.74. The summed E-state index contributed by atoms with van der Waals surface area (Å²) in [6.07, 6.45) is 1.68. The molecular formula is C14H16BrNO3. The van der Waals surface area contributed by atoms with Crippen LogP contribution in [-0.2, 0) is 9.59 Å². The lowest BCUT2D eigenvalue weighted by atomic mass is 10.0. The van der Waals surface area contributed by atoms with Crippen molar-refractivity contribution in [2.75, 3.05) is 5.32 Å². The number of halogens is 1. The second-order valence-corrected chi connectivity index (χ2v) is 5.85. The van der Waals surface area contributed by atoms with Gasteiger partial charge in [0.2, 0.25) is 5.91 Å². The summed E-state index contributed by atoms with van der Waals surface area (Å²) in [6, 6.07) is 5.61. The quantitative estimate of drug-likeness (QED) is 0.896. The molecule has 0 spiro atoms. The van der Waals surface area contributed by atoms with Crippen molar-refractivity contribution in [1.29, 1.82) is 0 Å². The molecule has 0 aliphatic heterocycles. The van der Waals surface area contributed by atoms with Crippen LogP contribution in [0.1, 0.15) is 24.8 Å². The monoisotopic (exact) mass is 325 g/mol. The molecular weight excluding hydrogens is 310 g/mol. The lowest BCUT2D eigenvalue weighted by Crippen LogP contribution is -2.21. The highest BCUT2D eigenvalue weighted by Crippen LogP contribution is 2.32. The Hall–Kier alpha value is -1.36. The van der Waals surface area contributed by atoms with Crippen LogP contribution in [-0.4, -0.2) is 17.0 Å². The third-order valence-electron chi connectivity index (χ3n) is 3.58. The molecule has 102 valence electrons. The molecule has 1 amide bonds. The molecule has 1 aliphatic rings. The molecule has 5 heteroatoms. The number of nitrogens with one attached hydrogen (secondary N) is 1. The fraction of sp³-hybridized carbons (Fsp3) is 0.429. The first kappa shape index (κ1) is 14.1. The molecule has 1 aliphatic carbocycles. The van der Waals surface area contributed by atoms with E-state index in [0.29, 0.717) is 19.3 Å². The Labute approximate surface area is 120 Å². The molecule has 1 aromatic carbocycles. The van der Waals surface area contributed by atoms with E-state index in [1.165, 1.54) is 0 Å². The fourth-order valence-electron chi connectivity index (χ4n) is 2.41. The normalized spacial score (nSPS) is 22.2. The van der Waals surface area contributed by atoms with Crippen molar-refractivity contribution in [2.45, 2.75) is 26.2 Å². The summed E-state index contributed by atoms with van der Waals surface area (Å²) in [4.78, 5) is 22.9. The first-order chi connectivity index (χ1) is 8.97. The molecule has 19 heavy (non-hydrogen) atoms. The summed E-state index contributed by atoms with van der Waals surface area (Å²) in [6.45, 7) is 1.95. The third-order valence-corrected chi connectivity index (χ3v) is 4.47. The van der Waals surface area contributed by atoms with Gasteiger partial charge in [0, 0.05) is 16.1 Å². The predicted molar refractivity (Wildman–Crippen MR) is 76.0 cm³/mol. The number of aryl methyl sites for hydroxylation is 1. The van der Waals surface area contributed by atoms with Crippen molar-refractivity contribution in [3.63, 3.8) is 0 Å². The molecule has 0 radical (unpaired) electrons. The maximum atomic E-state index is 12.1. The predicted octanol–water partition coefficient (Wildman–Crippen LogP) is 3.20. The average Bonchev–Trinajstić information content (AvgIpc) is 2.83. The van der Waals surface area contributed by atoms with Gasteiger partial charge in [-0.3, -0.25) is 9.59 Å². The van der Waals surface area contributed by atoms with Gasteiger partial charge in [-0.15, -0.1) is 0 Å². The Morgan fingerprint density at radius 3 is 2.58 bits per heavy atom. The molecule has 1 saturated carbocycles. The number of carboxylic acids is 1. The van der Waals surface area contributed by atoms with Crippen LogP contribution in [0.15, 0.2) is 22.7 Å². The second-order valence-electron chi connectivity index (χ2n) is 5.00. The van der Waals surface area contributed by atoms with E-state index in [1.54, 1.807) is 0 Å². The third kappa shape index (κ3) is 3.35. The van der Waals surface area contributed by atoms with E-state index in [4.69, 9.17) is 5.11 Å². The van der Waals surface area contributed by atoms with Crippen LogP contribution >= 0.6 is 15.9 Å². The van der Waals surface area contributed by atoms with Gasteiger partial charge >= 0.3 is 5.97 Å². The van der Waals surface area contributed by atoms with E-state index in [1.807, 2.05) is 25.1 Å². The summed E-state index contributed by atoms with van der Waals surface area (Å²) >= 11 is 3.41. The van der Waals surface area contributed by atoms with Gasteiger partial charge in [0.25, 0.3) is 0 Å². The molecule has 0 heterocycles. The van der Waals surface area contributed by atoms with Crippen molar-refractivity contribution in [3.8, 4) is 0 Å². The van der Waals surface area contributed by atoms with Crippen molar-refractivity contribution in [1.82, 2.24) is 0 Å². The summed E-state index contributed by atoms with van der Waals surface area (Å²) in [5.41, 5.74) is 1.80. The number of benzene rings is 1. The topological polar surface area (TPSA) is 66.4 Å². The summed E-state index contributed by atoms with van der Waals surface area (Å²) in [5.74, 6) is -1.44. The highest BCUT2D eigenvalue weighted by Gasteiger charge is 2.33. The van der Waals surface area contributed by atoms with Crippen LogP contribution in [0.25, 0.3) is 0 Å². The Morgan fingerprint density at radius 1 is 1.32 bits per heavy atom. The van der Waals surface area contributed by atoms with Gasteiger partial charge in [-0.1, -0.05) is 15.9 Å². The van der Waals surface area contributed by atoms with E-state index in [0.717, 1.165) is 15.7 Å². The van der Waals surface area contributed by atoms with Gasteiger partial charge in [-0.25, -0.2) is 0 Å². The number of carboxylic acid groups (broad SMARTS) is 1. The van der Waals surface area contributed by atoms with E-state index in [-0.39, 0.29) is 17.7 Å². The molecule has 0 aromatic heterocycles. The summed E-state index contributed by atoms with van der Waals surface area (Å²) in [5, 5.41) is 11.8. The molecule has 2 N–H and O–H groups in total. The number of rotatable bonds is 3. The molecule has 2 atom stereocenters. The van der Waals surface area contributed by atoms with Crippen molar-refractivity contribution < 1.29 is 14.7 Å². The van der Waals surface area contributed by atoms with E-state index >= 15 is 0 Å². The molecule has 2 rings (SSSR count). The number of aliphatic carboxylic acids is 1. The van der Waals surface area contributed by atoms with Crippen LogP contribution in [0.4, 0.5) is 5.69 Å². The smallest absolute Gasteiger partial charge is 0.306 e. The first-order valence-corrected chi connectivity index (χ1v) is 7.06. The van der Waals surface area contributed by atoms with Crippen LogP contribution in [0.3, 0.4) is 0 Å². The van der Waals surface area contributed by atoms with Gasteiger partial charge < -0.3 is 10.4 Å². The number of anilines is 1. The Kier molecular flexibility index (Phi) is 4.24. The molecule has 4 nitrogen and oxygen atoms in total. The van der Waals surface area contributed by atoms with Gasteiger partial charge in [0.1, 0.15) is 0 Å². The zero-order chi connectivity index (χ0) is 14.0. The van der Waals surface area contributed by atoms with E-state index < -0.39 is 5.97 Å². The zero-order valence-corrected chi connectivity index (χ0v) is 12.2. The zero-order valence-electron chi connectivity index (χ0n) is 10.6. The molecule has 2 unspecified atom stereocenters. The highest BCUT2D eigenvalue weighted by atomic mass is 79.9. The van der Waals surface area contributed by atoms with Crippen LogP contribution < -0.4 is 5.32 Å². The summed E-state index contributed by atoms with van der Waals surface area (Å²) < 4.78 is 0.998. The SMILES string of the molecule is Cc1cc(NC(=O)C2CCC(C(=O)O)C2)ccc1Br. The summed E-state index contributed by atoms with van der Waals surface area (Å²) in [7, 11) is 0. The lowest BCUT2D eigenvalue weighted by Gasteiger charge is -2.11. The van der Waals surface area contributed by atoms with Gasteiger partial charge in [-0.05, 0) is 49.9 Å². The molecule has 0 saturated heterocycles. The maximum absolute atomic E-state index is 12.1. The first-order valence-electron chi connectivity index (χ1n) is 6.27. The number of carbonyl (C=O) groups excluding carboxylic acids is 1. The number of amides is 1. The Bertz CT molecular complexity index is 515. The number of carbonyl (C=O) groups is 2. The van der Waals surface area contributed by atoms with Gasteiger partial charge in [-0.2, -0.15) is 0 Å². The van der Waals surface area contributed by atoms with Gasteiger partial charge in [0.05, 0.1) is 5.92 Å². The van der Waals surface area contributed by atoms with E-state index in [2.05, 4.69) is 21.2 Å². The number of hydrogen-bond acceptors (Lipinski definition) is 2. The van der Waals surface area contributed by atoms with Gasteiger partial charge in [0.15, 0.2) is 0 Å². The molecule has 1 aromatic rings. The minimum atomic E-state index is -0.796. The van der Waals surface area contributed by atoms with Crippen LogP contribution in [0.2, 0.25) is 0 Å². The minimum absolute atomic E-state index is 0.0783. The van der Waals surface area contributed by atoms with Crippen molar-refractivity contribution in [3.05, 3.63) is 28.2 Å². The maximum Gasteiger partial charge on any atom is 0.306 e. The number of hydrogen-bond donors (Lipinski definition) is 2. The fourth-order valence-corrected chi connectivity index (χ4v) is 2.66. The van der Waals surface area contributed by atoms with Crippen LogP contribution in [0.5, 0.6) is 0 Å². The molecule has 1 fully saturated rings. The Morgan fingerprint density at radius 2 is 2.00 bits per heavy atom. The van der Waals surface area contributed by atoms with E-state index in [9.17, 15) is 9.59 Å². The largest absolute Gasteiger partial charge is 0.481 e. The van der Waals surface area contributed by atoms with Crippen LogP contribution in [0, 0.1) is 18.8 Å². The Balaban J connectivity index is 1.98. The van der Waals surface area contributed by atoms with Crippen molar-refractivity contribution in [2.24, 2.45) is 11.8 Å². The standard InChI is InChI=1S/C14H16BrNO3/c1-8-6-11(4-5-12(8)15)16-13(17)9-2-3-10(7-9)14(18)19/h4-6,9-10H,2-3,7H2,1H3,(H,16,17)(H,18,19). The molecule has 0 bridgehead atoms. The average molecular weight is 326 g/mol. The lowest BCUT2D eigenvalue weighted by molar-refractivity contribution is -0.141. The van der Waals surface area contributed by atoms with Crippen molar-refractivity contribution >= 4 is 33.5 Å². The minimum Gasteiger partial charge on any atom is -0.481 e. The highest BCUT2D eigenvalue weighted by molar-refractivity contribution is 9.10.